The Labute approximate surface area is 116 Å². The monoisotopic (exact) mass is 288 g/mol. The normalized spacial score (nSPS) is 13.1. The Morgan fingerprint density at radius 2 is 1.85 bits per heavy atom. The fourth-order valence-corrected chi connectivity index (χ4v) is 1.64. The molecule has 1 amide bonds. The summed E-state index contributed by atoms with van der Waals surface area (Å²) in [7, 11) is 1.66. The van der Waals surface area contributed by atoms with Crippen LogP contribution in [-0.4, -0.2) is 30.4 Å². The molecule has 0 radical (unpaired) electrons. The van der Waals surface area contributed by atoms with Gasteiger partial charge in [-0.1, -0.05) is 12.1 Å². The quantitative estimate of drug-likeness (QED) is 0.904. The molecule has 0 aromatic heterocycles. The molecule has 0 spiro atoms. The second-order valence-electron chi connectivity index (χ2n) is 4.95. The van der Waals surface area contributed by atoms with Crippen LogP contribution in [0.3, 0.4) is 0 Å². The number of benzene rings is 1. The lowest BCUT2D eigenvalue weighted by Gasteiger charge is -2.18. The minimum atomic E-state index is -4.35. The van der Waals surface area contributed by atoms with Crippen LogP contribution in [-0.2, 0) is 17.4 Å². The molecule has 0 saturated carbocycles. The van der Waals surface area contributed by atoms with E-state index in [1.54, 1.807) is 11.9 Å². The molecule has 0 aliphatic rings. The van der Waals surface area contributed by atoms with Crippen LogP contribution in [0.25, 0.3) is 0 Å². The molecule has 0 bridgehead atoms. The number of hydrogen-bond acceptors (Lipinski definition) is 2. The van der Waals surface area contributed by atoms with Crippen LogP contribution in [0.1, 0.15) is 24.5 Å². The second-order valence-corrected chi connectivity index (χ2v) is 4.95. The summed E-state index contributed by atoms with van der Waals surface area (Å²) < 4.78 is 37.2. The molecule has 3 nitrogen and oxygen atoms in total. The summed E-state index contributed by atoms with van der Waals surface area (Å²) in [6.45, 7) is 2.39. The zero-order chi connectivity index (χ0) is 15.3. The van der Waals surface area contributed by atoms with E-state index in [0.717, 1.165) is 12.1 Å². The maximum absolute atomic E-state index is 12.4. The molecular weight excluding hydrogens is 269 g/mol. The van der Waals surface area contributed by atoms with Crippen molar-refractivity contribution in [2.24, 2.45) is 5.73 Å². The van der Waals surface area contributed by atoms with Crippen molar-refractivity contribution in [3.63, 3.8) is 0 Å². The van der Waals surface area contributed by atoms with Crippen LogP contribution in [0.2, 0.25) is 0 Å². The lowest BCUT2D eigenvalue weighted by atomic mass is 10.1. The van der Waals surface area contributed by atoms with Crippen LogP contribution < -0.4 is 5.73 Å². The zero-order valence-electron chi connectivity index (χ0n) is 11.6. The van der Waals surface area contributed by atoms with E-state index in [4.69, 9.17) is 5.73 Å². The van der Waals surface area contributed by atoms with Crippen LogP contribution in [0.5, 0.6) is 0 Å². The number of nitrogens with two attached hydrogens (primary N) is 1. The van der Waals surface area contributed by atoms with Crippen molar-refractivity contribution in [2.75, 3.05) is 13.6 Å². The molecule has 0 heterocycles. The first-order chi connectivity index (χ1) is 9.20. The minimum Gasteiger partial charge on any atom is -0.345 e. The van der Waals surface area contributed by atoms with E-state index in [1.165, 1.54) is 12.1 Å². The topological polar surface area (TPSA) is 46.3 Å². The largest absolute Gasteiger partial charge is 0.416 e. The maximum Gasteiger partial charge on any atom is 0.416 e. The number of amides is 1. The molecule has 0 aliphatic heterocycles. The summed E-state index contributed by atoms with van der Waals surface area (Å²) in [5, 5.41) is 0. The van der Waals surface area contributed by atoms with Gasteiger partial charge in [0.05, 0.1) is 12.0 Å². The Morgan fingerprint density at radius 1 is 1.30 bits per heavy atom. The van der Waals surface area contributed by atoms with Gasteiger partial charge in [-0.3, -0.25) is 4.79 Å². The first-order valence-electron chi connectivity index (χ1n) is 6.36. The number of likely N-dealkylation sites (N-methyl/N-ethyl adjacent to an activating group) is 1. The molecule has 0 saturated heterocycles. The molecular formula is C14H19F3N2O. The van der Waals surface area contributed by atoms with E-state index in [2.05, 4.69) is 0 Å². The molecule has 1 aromatic carbocycles. The highest BCUT2D eigenvalue weighted by molar-refractivity contribution is 5.78. The van der Waals surface area contributed by atoms with Gasteiger partial charge in [-0.05, 0) is 31.0 Å². The molecule has 2 N–H and O–H groups in total. The lowest BCUT2D eigenvalue weighted by Crippen LogP contribution is -2.32. The van der Waals surface area contributed by atoms with Crippen molar-refractivity contribution in [1.82, 2.24) is 4.90 Å². The molecule has 20 heavy (non-hydrogen) atoms. The van der Waals surface area contributed by atoms with Crippen molar-refractivity contribution in [1.29, 1.82) is 0 Å². The van der Waals surface area contributed by atoms with E-state index >= 15 is 0 Å². The molecule has 0 fully saturated rings. The summed E-state index contributed by atoms with van der Waals surface area (Å²) in [5.41, 5.74) is 5.46. The van der Waals surface area contributed by atoms with E-state index in [9.17, 15) is 18.0 Å². The van der Waals surface area contributed by atoms with Gasteiger partial charge in [-0.25, -0.2) is 0 Å². The first-order valence-corrected chi connectivity index (χ1v) is 6.36. The summed E-state index contributed by atoms with van der Waals surface area (Å²) >= 11 is 0. The summed E-state index contributed by atoms with van der Waals surface area (Å²) in [5.74, 6) is -0.134. The Bertz CT molecular complexity index is 441. The van der Waals surface area contributed by atoms with Gasteiger partial charge >= 0.3 is 6.18 Å². The van der Waals surface area contributed by atoms with Crippen molar-refractivity contribution >= 4 is 5.91 Å². The number of rotatable bonds is 5. The van der Waals surface area contributed by atoms with E-state index in [0.29, 0.717) is 18.5 Å². The highest BCUT2D eigenvalue weighted by atomic mass is 19.4. The third-order valence-electron chi connectivity index (χ3n) is 2.98. The van der Waals surface area contributed by atoms with Crippen molar-refractivity contribution in [3.8, 4) is 0 Å². The van der Waals surface area contributed by atoms with Crippen LogP contribution >= 0.6 is 0 Å². The molecule has 0 aliphatic carbocycles. The summed E-state index contributed by atoms with van der Waals surface area (Å²) in [4.78, 5) is 13.4. The molecule has 1 aromatic rings. The second kappa shape index (κ2) is 6.74. The highest BCUT2D eigenvalue weighted by Gasteiger charge is 2.30. The molecule has 1 atom stereocenters. The third-order valence-corrected chi connectivity index (χ3v) is 2.98. The van der Waals surface area contributed by atoms with E-state index in [1.807, 2.05) is 6.92 Å². The van der Waals surface area contributed by atoms with Crippen LogP contribution in [0, 0.1) is 0 Å². The van der Waals surface area contributed by atoms with Gasteiger partial charge in [0, 0.05) is 19.6 Å². The van der Waals surface area contributed by atoms with Gasteiger partial charge in [0.2, 0.25) is 5.91 Å². The van der Waals surface area contributed by atoms with Crippen LogP contribution in [0.15, 0.2) is 24.3 Å². The number of alkyl halides is 3. The van der Waals surface area contributed by atoms with Gasteiger partial charge in [-0.15, -0.1) is 0 Å². The van der Waals surface area contributed by atoms with Gasteiger partial charge in [0.15, 0.2) is 0 Å². The minimum absolute atomic E-state index is 0.0105. The van der Waals surface area contributed by atoms with Crippen molar-refractivity contribution in [3.05, 3.63) is 35.4 Å². The summed E-state index contributed by atoms with van der Waals surface area (Å²) in [6, 6.07) is 4.66. The zero-order valence-corrected chi connectivity index (χ0v) is 11.6. The Hall–Kier alpha value is -1.56. The smallest absolute Gasteiger partial charge is 0.345 e. The predicted octanol–water partition coefficient (Wildman–Crippen LogP) is 2.44. The van der Waals surface area contributed by atoms with Crippen molar-refractivity contribution in [2.45, 2.75) is 32.0 Å². The average molecular weight is 288 g/mol. The number of nitrogens with zero attached hydrogens (tertiary/aromatic N) is 1. The number of halogens is 3. The molecule has 6 heteroatoms. The Kier molecular flexibility index (Phi) is 5.56. The predicted molar refractivity (Wildman–Crippen MR) is 71.1 cm³/mol. The van der Waals surface area contributed by atoms with E-state index in [-0.39, 0.29) is 18.4 Å². The first kappa shape index (κ1) is 16.5. The number of hydrogen-bond donors (Lipinski definition) is 1. The standard InChI is InChI=1S/C14H19F3N2O/c1-10(18)7-8-19(2)13(20)9-11-3-5-12(6-4-11)14(15,16)17/h3-6,10H,7-9,18H2,1-2H3. The fraction of sp³-hybridized carbons (Fsp3) is 0.500. The highest BCUT2D eigenvalue weighted by Crippen LogP contribution is 2.29. The lowest BCUT2D eigenvalue weighted by molar-refractivity contribution is -0.137. The number of carbonyl (C=O) groups excluding carboxylic acids is 1. The van der Waals surface area contributed by atoms with Gasteiger partial charge < -0.3 is 10.6 Å². The molecule has 112 valence electrons. The van der Waals surface area contributed by atoms with Gasteiger partial charge in [-0.2, -0.15) is 13.2 Å². The van der Waals surface area contributed by atoms with Gasteiger partial charge in [0.25, 0.3) is 0 Å². The number of carbonyl (C=O) groups is 1. The summed E-state index contributed by atoms with van der Waals surface area (Å²) in [6.07, 6.45) is -3.57. The van der Waals surface area contributed by atoms with Gasteiger partial charge in [0.1, 0.15) is 0 Å². The molecule has 1 rings (SSSR count). The van der Waals surface area contributed by atoms with Crippen molar-refractivity contribution < 1.29 is 18.0 Å². The SMILES string of the molecule is CC(N)CCN(C)C(=O)Cc1ccc(C(F)(F)F)cc1. The molecule has 1 unspecified atom stereocenters. The van der Waals surface area contributed by atoms with E-state index < -0.39 is 11.7 Å². The third kappa shape index (κ3) is 5.21. The average Bonchev–Trinajstić information content (AvgIpc) is 2.35. The Balaban J connectivity index is 2.58. The Morgan fingerprint density at radius 3 is 2.30 bits per heavy atom. The fourth-order valence-electron chi connectivity index (χ4n) is 1.64. The van der Waals surface area contributed by atoms with Crippen LogP contribution in [0.4, 0.5) is 13.2 Å². The maximum atomic E-state index is 12.4.